The van der Waals surface area contributed by atoms with E-state index in [0.717, 1.165) is 12.1 Å². The highest BCUT2D eigenvalue weighted by atomic mass is 32.2. The summed E-state index contributed by atoms with van der Waals surface area (Å²) in [6.45, 7) is 3.99. The van der Waals surface area contributed by atoms with Crippen molar-refractivity contribution in [1.82, 2.24) is 4.72 Å². The summed E-state index contributed by atoms with van der Waals surface area (Å²) >= 11 is 0. The minimum Gasteiger partial charge on any atom is -0.507 e. The number of nitrogens with one attached hydrogen (secondary N) is 2. The van der Waals surface area contributed by atoms with Gasteiger partial charge in [-0.15, -0.1) is 0 Å². The Morgan fingerprint density at radius 3 is 2.47 bits per heavy atom. The fourth-order valence-corrected chi connectivity index (χ4v) is 2.31. The van der Waals surface area contributed by atoms with Crippen molar-refractivity contribution < 1.29 is 23.4 Å². The lowest BCUT2D eigenvalue weighted by Gasteiger charge is -2.11. The van der Waals surface area contributed by atoms with Crippen LogP contribution < -0.4 is 9.44 Å². The number of aromatic hydroxyl groups is 1. The van der Waals surface area contributed by atoms with Crippen LogP contribution in [0.2, 0.25) is 0 Å². The molecule has 0 saturated carbocycles. The number of hydrogen-bond acceptors (Lipinski definition) is 4. The van der Waals surface area contributed by atoms with Crippen LogP contribution >= 0.6 is 0 Å². The average Bonchev–Trinajstić information content (AvgIpc) is 2.25. The summed E-state index contributed by atoms with van der Waals surface area (Å²) in [6, 6.07) is 3.42. The van der Waals surface area contributed by atoms with Gasteiger partial charge in [-0.25, -0.2) is 4.79 Å². The summed E-state index contributed by atoms with van der Waals surface area (Å²) in [5.41, 5.74) is -0.211. The lowest BCUT2D eigenvalue weighted by Crippen LogP contribution is -2.32. The van der Waals surface area contributed by atoms with Crippen LogP contribution in [0.25, 0.3) is 0 Å². The monoisotopic (exact) mass is 288 g/mol. The maximum absolute atomic E-state index is 11.6. The molecule has 0 spiro atoms. The van der Waals surface area contributed by atoms with Crippen molar-refractivity contribution in [2.45, 2.75) is 13.8 Å². The van der Waals surface area contributed by atoms with E-state index in [4.69, 9.17) is 5.11 Å². The third-order valence-corrected chi connectivity index (χ3v) is 3.21. The van der Waals surface area contributed by atoms with Crippen LogP contribution in [0.4, 0.5) is 5.69 Å². The third kappa shape index (κ3) is 4.76. The summed E-state index contributed by atoms with van der Waals surface area (Å²) in [6.07, 6.45) is 0. The number of aromatic carboxylic acids is 1. The number of anilines is 1. The van der Waals surface area contributed by atoms with E-state index in [1.54, 1.807) is 0 Å². The minimum absolute atomic E-state index is 0.0822. The second kappa shape index (κ2) is 5.89. The van der Waals surface area contributed by atoms with E-state index in [2.05, 4.69) is 9.44 Å². The molecular formula is C11H16N2O5S. The predicted octanol–water partition coefficient (Wildman–Crippen LogP) is 0.993. The quantitative estimate of drug-likeness (QED) is 0.623. The molecule has 106 valence electrons. The number of phenols is 1. The Morgan fingerprint density at radius 2 is 2.00 bits per heavy atom. The molecule has 0 aromatic heterocycles. The van der Waals surface area contributed by atoms with E-state index < -0.39 is 21.9 Å². The second-order valence-electron chi connectivity index (χ2n) is 4.38. The van der Waals surface area contributed by atoms with Crippen LogP contribution in [0, 0.1) is 5.92 Å². The molecule has 0 aliphatic carbocycles. The average molecular weight is 288 g/mol. The molecule has 0 aliphatic rings. The normalized spacial score (nSPS) is 11.5. The Bertz CT molecular complexity index is 568. The van der Waals surface area contributed by atoms with Gasteiger partial charge in [0, 0.05) is 12.6 Å². The SMILES string of the molecule is CC(C)CNS(=O)(=O)Nc1ccc(C(=O)O)c(O)c1. The van der Waals surface area contributed by atoms with Crippen LogP contribution in [0.3, 0.4) is 0 Å². The fourth-order valence-electron chi connectivity index (χ4n) is 1.24. The van der Waals surface area contributed by atoms with E-state index >= 15 is 0 Å². The molecule has 4 N–H and O–H groups in total. The molecule has 1 aromatic carbocycles. The van der Waals surface area contributed by atoms with Gasteiger partial charge in [0.15, 0.2) is 0 Å². The van der Waals surface area contributed by atoms with Gasteiger partial charge in [0.25, 0.3) is 10.2 Å². The number of rotatable bonds is 6. The first-order valence-corrected chi connectivity index (χ1v) is 7.03. The predicted molar refractivity (Wildman–Crippen MR) is 70.4 cm³/mol. The first kappa shape index (κ1) is 15.3. The first-order chi connectivity index (χ1) is 8.71. The number of benzene rings is 1. The standard InChI is InChI=1S/C11H16N2O5S/c1-7(2)6-12-19(17,18)13-8-3-4-9(11(15)16)10(14)5-8/h3-5,7,12-14H,6H2,1-2H3,(H,15,16). The Hall–Kier alpha value is -1.80. The van der Waals surface area contributed by atoms with Crippen molar-refractivity contribution in [3.8, 4) is 5.75 Å². The van der Waals surface area contributed by atoms with Gasteiger partial charge >= 0.3 is 5.97 Å². The van der Waals surface area contributed by atoms with Crippen molar-refractivity contribution in [2.75, 3.05) is 11.3 Å². The van der Waals surface area contributed by atoms with Crippen LogP contribution in [0.1, 0.15) is 24.2 Å². The highest BCUT2D eigenvalue weighted by molar-refractivity contribution is 7.90. The molecule has 0 saturated heterocycles. The van der Waals surface area contributed by atoms with Crippen LogP contribution in [-0.2, 0) is 10.2 Å². The molecule has 1 rings (SSSR count). The van der Waals surface area contributed by atoms with Crippen LogP contribution in [0.5, 0.6) is 5.75 Å². The van der Waals surface area contributed by atoms with Gasteiger partial charge < -0.3 is 10.2 Å². The van der Waals surface area contributed by atoms with Gasteiger partial charge in [-0.1, -0.05) is 13.8 Å². The van der Waals surface area contributed by atoms with Gasteiger partial charge in [-0.05, 0) is 18.1 Å². The van der Waals surface area contributed by atoms with E-state index in [0.29, 0.717) is 0 Å². The summed E-state index contributed by atoms with van der Waals surface area (Å²) in [5.74, 6) is -1.64. The lowest BCUT2D eigenvalue weighted by atomic mass is 10.2. The molecule has 0 aliphatic heterocycles. The van der Waals surface area contributed by atoms with Gasteiger partial charge in [-0.2, -0.15) is 13.1 Å². The van der Waals surface area contributed by atoms with Crippen molar-refractivity contribution in [2.24, 2.45) is 5.92 Å². The zero-order valence-corrected chi connectivity index (χ0v) is 11.4. The largest absolute Gasteiger partial charge is 0.507 e. The molecule has 0 fully saturated rings. The Morgan fingerprint density at radius 1 is 1.37 bits per heavy atom. The zero-order chi connectivity index (χ0) is 14.6. The van der Waals surface area contributed by atoms with Gasteiger partial charge in [0.2, 0.25) is 0 Å². The molecule has 1 aromatic rings. The summed E-state index contributed by atoms with van der Waals surface area (Å²) in [5, 5.41) is 18.2. The number of carbonyl (C=O) groups is 1. The molecule has 0 bridgehead atoms. The third-order valence-electron chi connectivity index (χ3n) is 2.16. The highest BCUT2D eigenvalue weighted by Crippen LogP contribution is 2.22. The smallest absolute Gasteiger partial charge is 0.339 e. The Labute approximate surface area is 111 Å². The maximum Gasteiger partial charge on any atom is 0.339 e. The van der Waals surface area contributed by atoms with E-state index in [1.165, 1.54) is 6.07 Å². The summed E-state index contributed by atoms with van der Waals surface area (Å²) in [4.78, 5) is 10.7. The summed E-state index contributed by atoms with van der Waals surface area (Å²) < 4.78 is 27.7. The molecule has 7 nitrogen and oxygen atoms in total. The molecule has 0 unspecified atom stereocenters. The van der Waals surface area contributed by atoms with Crippen molar-refractivity contribution >= 4 is 21.9 Å². The molecule has 0 amide bonds. The Balaban J connectivity index is 2.83. The molecule has 0 heterocycles. The van der Waals surface area contributed by atoms with Crippen molar-refractivity contribution in [3.63, 3.8) is 0 Å². The molecule has 0 radical (unpaired) electrons. The van der Waals surface area contributed by atoms with E-state index in [1.807, 2.05) is 13.8 Å². The maximum atomic E-state index is 11.6. The van der Waals surface area contributed by atoms with Crippen molar-refractivity contribution in [1.29, 1.82) is 0 Å². The second-order valence-corrected chi connectivity index (χ2v) is 5.88. The summed E-state index contributed by atoms with van der Waals surface area (Å²) in [7, 11) is -3.74. The van der Waals surface area contributed by atoms with E-state index in [9.17, 15) is 18.3 Å². The highest BCUT2D eigenvalue weighted by Gasteiger charge is 2.13. The van der Waals surface area contributed by atoms with Gasteiger partial charge in [0.05, 0.1) is 5.69 Å². The Kier molecular flexibility index (Phi) is 4.73. The number of hydrogen-bond donors (Lipinski definition) is 4. The number of carboxylic acids is 1. The van der Waals surface area contributed by atoms with Gasteiger partial charge in [0.1, 0.15) is 11.3 Å². The number of carboxylic acid groups (broad SMARTS) is 1. The van der Waals surface area contributed by atoms with E-state index in [-0.39, 0.29) is 23.7 Å². The molecule has 8 heteroatoms. The molecule has 0 atom stereocenters. The molecular weight excluding hydrogens is 272 g/mol. The van der Waals surface area contributed by atoms with Crippen LogP contribution in [-0.4, -0.2) is 31.1 Å². The first-order valence-electron chi connectivity index (χ1n) is 5.55. The zero-order valence-electron chi connectivity index (χ0n) is 10.5. The lowest BCUT2D eigenvalue weighted by molar-refractivity contribution is 0.0694. The van der Waals surface area contributed by atoms with Crippen molar-refractivity contribution in [3.05, 3.63) is 23.8 Å². The topological polar surface area (TPSA) is 116 Å². The minimum atomic E-state index is -3.74. The molecule has 19 heavy (non-hydrogen) atoms. The van der Waals surface area contributed by atoms with Crippen LogP contribution in [0.15, 0.2) is 18.2 Å². The van der Waals surface area contributed by atoms with Gasteiger partial charge in [-0.3, -0.25) is 4.72 Å². The fraction of sp³-hybridized carbons (Fsp3) is 0.364.